The number of carbonyl (C=O) groups is 1. The van der Waals surface area contributed by atoms with Gasteiger partial charge in [-0.1, -0.05) is 30.3 Å². The third-order valence-electron chi connectivity index (χ3n) is 3.46. The molecule has 1 aromatic rings. The molecule has 1 heterocycles. The Morgan fingerprint density at radius 1 is 1.42 bits per heavy atom. The SMILES string of the molecule is CC1COC(CO)CN1CC(=O)Cc1ccccc1. The summed E-state index contributed by atoms with van der Waals surface area (Å²) in [6.45, 7) is 3.68. The highest BCUT2D eigenvalue weighted by molar-refractivity contribution is 5.82. The molecule has 4 heteroatoms. The van der Waals surface area contributed by atoms with Gasteiger partial charge in [0.25, 0.3) is 0 Å². The van der Waals surface area contributed by atoms with Crippen LogP contribution >= 0.6 is 0 Å². The van der Waals surface area contributed by atoms with E-state index in [2.05, 4.69) is 4.90 Å². The fourth-order valence-corrected chi connectivity index (χ4v) is 2.31. The van der Waals surface area contributed by atoms with Crippen LogP contribution in [0.2, 0.25) is 0 Å². The van der Waals surface area contributed by atoms with E-state index in [-0.39, 0.29) is 24.5 Å². The van der Waals surface area contributed by atoms with Crippen LogP contribution in [0.5, 0.6) is 0 Å². The van der Waals surface area contributed by atoms with Gasteiger partial charge in [0.15, 0.2) is 5.78 Å². The monoisotopic (exact) mass is 263 g/mol. The number of aliphatic hydroxyl groups excluding tert-OH is 1. The third kappa shape index (κ3) is 4.13. The number of aliphatic hydroxyl groups is 1. The van der Waals surface area contributed by atoms with Crippen molar-refractivity contribution in [1.82, 2.24) is 4.90 Å². The molecule has 1 aliphatic rings. The Labute approximate surface area is 114 Å². The van der Waals surface area contributed by atoms with Crippen molar-refractivity contribution < 1.29 is 14.6 Å². The molecule has 1 saturated heterocycles. The van der Waals surface area contributed by atoms with Crippen molar-refractivity contribution in [3.63, 3.8) is 0 Å². The van der Waals surface area contributed by atoms with Crippen molar-refractivity contribution in [1.29, 1.82) is 0 Å². The number of morpholine rings is 1. The highest BCUT2D eigenvalue weighted by atomic mass is 16.5. The van der Waals surface area contributed by atoms with E-state index in [1.807, 2.05) is 37.3 Å². The van der Waals surface area contributed by atoms with Gasteiger partial charge < -0.3 is 9.84 Å². The fourth-order valence-electron chi connectivity index (χ4n) is 2.31. The second-order valence-electron chi connectivity index (χ2n) is 5.12. The Kier molecular flexibility index (Phi) is 5.07. The second-order valence-corrected chi connectivity index (χ2v) is 5.12. The lowest BCUT2D eigenvalue weighted by atomic mass is 10.1. The minimum absolute atomic E-state index is 0.0100. The van der Waals surface area contributed by atoms with Crippen molar-refractivity contribution in [2.24, 2.45) is 0 Å². The van der Waals surface area contributed by atoms with Crippen LogP contribution in [0, 0.1) is 0 Å². The third-order valence-corrected chi connectivity index (χ3v) is 3.46. The van der Waals surface area contributed by atoms with E-state index in [9.17, 15) is 4.79 Å². The largest absolute Gasteiger partial charge is 0.394 e. The van der Waals surface area contributed by atoms with Gasteiger partial charge >= 0.3 is 0 Å². The maximum absolute atomic E-state index is 12.1. The van der Waals surface area contributed by atoms with Gasteiger partial charge in [-0.05, 0) is 12.5 Å². The van der Waals surface area contributed by atoms with Gasteiger partial charge in [0.2, 0.25) is 0 Å². The van der Waals surface area contributed by atoms with Crippen LogP contribution in [0.4, 0.5) is 0 Å². The molecule has 1 fully saturated rings. The van der Waals surface area contributed by atoms with Crippen LogP contribution in [-0.2, 0) is 16.0 Å². The number of nitrogens with zero attached hydrogens (tertiary/aromatic N) is 1. The van der Waals surface area contributed by atoms with Crippen LogP contribution in [0.1, 0.15) is 12.5 Å². The van der Waals surface area contributed by atoms with Crippen LogP contribution in [-0.4, -0.2) is 54.2 Å². The summed E-state index contributed by atoms with van der Waals surface area (Å²) in [6, 6.07) is 10.0. The van der Waals surface area contributed by atoms with Crippen molar-refractivity contribution >= 4 is 5.78 Å². The van der Waals surface area contributed by atoms with Gasteiger partial charge in [-0.25, -0.2) is 0 Å². The minimum atomic E-state index is -0.166. The molecular formula is C15H21NO3. The Morgan fingerprint density at radius 3 is 2.84 bits per heavy atom. The first-order valence-corrected chi connectivity index (χ1v) is 6.71. The van der Waals surface area contributed by atoms with Crippen molar-refractivity contribution in [2.45, 2.75) is 25.5 Å². The van der Waals surface area contributed by atoms with Gasteiger partial charge in [-0.3, -0.25) is 9.69 Å². The molecule has 104 valence electrons. The first kappa shape index (κ1) is 14.2. The number of ketones is 1. The molecule has 2 rings (SSSR count). The highest BCUT2D eigenvalue weighted by Crippen LogP contribution is 2.12. The molecule has 4 nitrogen and oxygen atoms in total. The predicted octanol–water partition coefficient (Wildman–Crippen LogP) is 0.880. The average molecular weight is 263 g/mol. The van der Waals surface area contributed by atoms with Crippen LogP contribution < -0.4 is 0 Å². The molecule has 1 N–H and O–H groups in total. The molecule has 0 aromatic heterocycles. The number of hydrogen-bond acceptors (Lipinski definition) is 4. The van der Waals surface area contributed by atoms with E-state index in [1.54, 1.807) is 0 Å². The van der Waals surface area contributed by atoms with E-state index in [0.717, 1.165) is 5.56 Å². The Morgan fingerprint density at radius 2 is 2.16 bits per heavy atom. The Hall–Kier alpha value is -1.23. The standard InChI is InChI=1S/C15H21NO3/c1-12-11-19-15(10-17)9-16(12)8-14(18)7-13-5-3-2-4-6-13/h2-6,12,15,17H,7-11H2,1H3. The smallest absolute Gasteiger partial charge is 0.151 e. The highest BCUT2D eigenvalue weighted by Gasteiger charge is 2.26. The molecule has 2 atom stereocenters. The van der Waals surface area contributed by atoms with Crippen LogP contribution in [0.25, 0.3) is 0 Å². The van der Waals surface area contributed by atoms with E-state index in [1.165, 1.54) is 0 Å². The van der Waals surface area contributed by atoms with Gasteiger partial charge in [-0.2, -0.15) is 0 Å². The van der Waals surface area contributed by atoms with Gasteiger partial charge in [0.05, 0.1) is 25.9 Å². The Bertz CT molecular complexity index is 407. The second kappa shape index (κ2) is 6.80. The number of benzene rings is 1. The summed E-state index contributed by atoms with van der Waals surface area (Å²) >= 11 is 0. The summed E-state index contributed by atoms with van der Waals surface area (Å²) in [5.74, 6) is 0.205. The summed E-state index contributed by atoms with van der Waals surface area (Å²) in [4.78, 5) is 14.2. The maximum Gasteiger partial charge on any atom is 0.151 e. The molecule has 1 aliphatic heterocycles. The summed E-state index contributed by atoms with van der Waals surface area (Å²) in [5, 5.41) is 9.13. The lowest BCUT2D eigenvalue weighted by Gasteiger charge is -2.36. The van der Waals surface area contributed by atoms with E-state index in [4.69, 9.17) is 9.84 Å². The van der Waals surface area contributed by atoms with Crippen molar-refractivity contribution in [3.05, 3.63) is 35.9 Å². The molecule has 0 saturated carbocycles. The molecule has 0 aliphatic carbocycles. The zero-order valence-corrected chi connectivity index (χ0v) is 11.3. The lowest BCUT2D eigenvalue weighted by Crippen LogP contribution is -2.51. The van der Waals surface area contributed by atoms with Crippen molar-refractivity contribution in [3.8, 4) is 0 Å². The predicted molar refractivity (Wildman–Crippen MR) is 73.0 cm³/mol. The zero-order valence-electron chi connectivity index (χ0n) is 11.3. The summed E-state index contributed by atoms with van der Waals surface area (Å²) in [6.07, 6.45) is 0.301. The molecule has 0 spiro atoms. The maximum atomic E-state index is 12.1. The number of ether oxygens (including phenoxy) is 1. The summed E-state index contributed by atoms with van der Waals surface area (Å²) < 4.78 is 5.47. The van der Waals surface area contributed by atoms with E-state index in [0.29, 0.717) is 26.1 Å². The minimum Gasteiger partial charge on any atom is -0.394 e. The average Bonchev–Trinajstić information content (AvgIpc) is 2.42. The Balaban J connectivity index is 1.87. The number of Topliss-reactive ketones (excluding diaryl/α,β-unsaturated/α-hetero) is 1. The molecule has 0 bridgehead atoms. The van der Waals surface area contributed by atoms with Gasteiger partial charge in [0.1, 0.15) is 0 Å². The summed E-state index contributed by atoms with van der Waals surface area (Å²) in [7, 11) is 0. The first-order valence-electron chi connectivity index (χ1n) is 6.71. The number of hydrogen-bond donors (Lipinski definition) is 1. The first-order chi connectivity index (χ1) is 9.19. The zero-order chi connectivity index (χ0) is 13.7. The number of carbonyl (C=O) groups excluding carboxylic acids is 1. The molecule has 0 amide bonds. The van der Waals surface area contributed by atoms with Crippen LogP contribution in [0.3, 0.4) is 0 Å². The van der Waals surface area contributed by atoms with E-state index >= 15 is 0 Å². The fraction of sp³-hybridized carbons (Fsp3) is 0.533. The van der Waals surface area contributed by atoms with E-state index < -0.39 is 0 Å². The topological polar surface area (TPSA) is 49.8 Å². The van der Waals surface area contributed by atoms with Crippen molar-refractivity contribution in [2.75, 3.05) is 26.3 Å². The number of rotatable bonds is 5. The molecule has 2 unspecified atom stereocenters. The van der Waals surface area contributed by atoms with Crippen LogP contribution in [0.15, 0.2) is 30.3 Å². The lowest BCUT2D eigenvalue weighted by molar-refractivity contribution is -0.125. The van der Waals surface area contributed by atoms with Gasteiger partial charge in [0, 0.05) is 19.0 Å². The molecular weight excluding hydrogens is 242 g/mol. The summed E-state index contributed by atoms with van der Waals surface area (Å²) in [5.41, 5.74) is 1.05. The normalized spacial score (nSPS) is 24.3. The quantitative estimate of drug-likeness (QED) is 0.857. The molecule has 1 aromatic carbocycles. The van der Waals surface area contributed by atoms with Gasteiger partial charge in [-0.15, -0.1) is 0 Å². The molecule has 19 heavy (non-hydrogen) atoms. The molecule has 0 radical (unpaired) electrons.